The highest BCUT2D eigenvalue weighted by atomic mass is 16.5. The molecule has 0 amide bonds. The fourth-order valence-corrected chi connectivity index (χ4v) is 1.22. The summed E-state index contributed by atoms with van der Waals surface area (Å²) in [5, 5.41) is 25.6. The predicted molar refractivity (Wildman–Crippen MR) is 66.4 cm³/mol. The molecule has 1 aromatic carbocycles. The molecule has 1 aromatic rings. The average Bonchev–Trinajstić information content (AvgIpc) is 2.43. The van der Waals surface area contributed by atoms with Crippen LogP contribution in [0, 0.1) is 22.7 Å². The van der Waals surface area contributed by atoms with Crippen molar-refractivity contribution in [3.8, 4) is 17.9 Å². The SMILES string of the molecule is CCOc1ccc(N=NC(C#N)(C#N)CC)cc1. The molecule has 0 aliphatic rings. The number of hydrogen-bond acceptors (Lipinski definition) is 5. The highest BCUT2D eigenvalue weighted by Gasteiger charge is 2.27. The normalized spacial score (nSPS) is 10.9. The number of nitrogens with zero attached hydrogens (tertiary/aromatic N) is 4. The van der Waals surface area contributed by atoms with Crippen LogP contribution < -0.4 is 4.74 Å². The topological polar surface area (TPSA) is 81.5 Å². The third kappa shape index (κ3) is 3.29. The first-order valence-corrected chi connectivity index (χ1v) is 5.68. The van der Waals surface area contributed by atoms with E-state index in [4.69, 9.17) is 15.3 Å². The average molecular weight is 242 g/mol. The molecule has 0 unspecified atom stereocenters. The van der Waals surface area contributed by atoms with Crippen LogP contribution >= 0.6 is 0 Å². The summed E-state index contributed by atoms with van der Waals surface area (Å²) in [5.74, 6) is 0.749. The van der Waals surface area contributed by atoms with E-state index in [0.29, 0.717) is 18.7 Å². The molecule has 0 N–H and O–H groups in total. The molecular weight excluding hydrogens is 228 g/mol. The van der Waals surface area contributed by atoms with E-state index in [-0.39, 0.29) is 0 Å². The minimum Gasteiger partial charge on any atom is -0.494 e. The van der Waals surface area contributed by atoms with Crippen molar-refractivity contribution in [2.75, 3.05) is 6.61 Å². The summed E-state index contributed by atoms with van der Waals surface area (Å²) >= 11 is 0. The fourth-order valence-electron chi connectivity index (χ4n) is 1.22. The van der Waals surface area contributed by atoms with Crippen LogP contribution in [0.1, 0.15) is 20.3 Å². The van der Waals surface area contributed by atoms with Crippen LogP contribution in [0.5, 0.6) is 5.75 Å². The van der Waals surface area contributed by atoms with Gasteiger partial charge in [-0.2, -0.15) is 20.8 Å². The Morgan fingerprint density at radius 1 is 1.17 bits per heavy atom. The lowest BCUT2D eigenvalue weighted by molar-refractivity contribution is 0.340. The molecular formula is C13H14N4O. The standard InChI is InChI=1S/C13H14N4O/c1-3-13(9-14,10-15)17-16-11-5-7-12(8-6-11)18-4-2/h5-8H,3-4H2,1-2H3. The summed E-state index contributed by atoms with van der Waals surface area (Å²) in [5.41, 5.74) is -0.805. The summed E-state index contributed by atoms with van der Waals surface area (Å²) in [6, 6.07) is 10.7. The van der Waals surface area contributed by atoms with Crippen molar-refractivity contribution in [3.63, 3.8) is 0 Å². The maximum atomic E-state index is 8.92. The molecule has 0 fully saturated rings. The minimum absolute atomic E-state index is 0.306. The van der Waals surface area contributed by atoms with Gasteiger partial charge in [0, 0.05) is 0 Å². The number of ether oxygens (including phenoxy) is 1. The van der Waals surface area contributed by atoms with Gasteiger partial charge < -0.3 is 4.74 Å². The first-order chi connectivity index (χ1) is 8.69. The molecule has 1 rings (SSSR count). The smallest absolute Gasteiger partial charge is 0.252 e. The Kier molecular flexibility index (Phi) is 4.83. The van der Waals surface area contributed by atoms with Crippen molar-refractivity contribution in [3.05, 3.63) is 24.3 Å². The van der Waals surface area contributed by atoms with Gasteiger partial charge in [-0.3, -0.25) is 0 Å². The Hall–Kier alpha value is -2.40. The van der Waals surface area contributed by atoms with Crippen LogP contribution in [-0.2, 0) is 0 Å². The highest BCUT2D eigenvalue weighted by Crippen LogP contribution is 2.21. The second-order valence-electron chi connectivity index (χ2n) is 3.56. The molecule has 0 saturated heterocycles. The van der Waals surface area contributed by atoms with Gasteiger partial charge >= 0.3 is 0 Å². The molecule has 0 spiro atoms. The summed E-state index contributed by atoms with van der Waals surface area (Å²) in [4.78, 5) is 0. The first-order valence-electron chi connectivity index (χ1n) is 5.68. The van der Waals surface area contributed by atoms with E-state index in [1.165, 1.54) is 0 Å². The Bertz CT molecular complexity index is 479. The predicted octanol–water partition coefficient (Wildman–Crippen LogP) is 3.36. The third-order valence-electron chi connectivity index (χ3n) is 2.37. The number of benzene rings is 1. The van der Waals surface area contributed by atoms with E-state index in [2.05, 4.69) is 10.2 Å². The zero-order valence-corrected chi connectivity index (χ0v) is 10.4. The molecule has 5 heteroatoms. The van der Waals surface area contributed by atoms with Crippen molar-refractivity contribution in [1.82, 2.24) is 0 Å². The second-order valence-corrected chi connectivity index (χ2v) is 3.56. The van der Waals surface area contributed by atoms with E-state index < -0.39 is 5.54 Å². The Morgan fingerprint density at radius 2 is 1.78 bits per heavy atom. The summed E-state index contributed by atoms with van der Waals surface area (Å²) in [7, 11) is 0. The summed E-state index contributed by atoms with van der Waals surface area (Å²) in [6.45, 7) is 4.23. The largest absolute Gasteiger partial charge is 0.494 e. The molecule has 0 heterocycles. The van der Waals surface area contributed by atoms with Crippen LogP contribution in [0.15, 0.2) is 34.5 Å². The van der Waals surface area contributed by atoms with Crippen molar-refractivity contribution < 1.29 is 4.74 Å². The molecule has 0 saturated carbocycles. The minimum atomic E-state index is -1.39. The molecule has 92 valence electrons. The van der Waals surface area contributed by atoms with Gasteiger partial charge in [0.15, 0.2) is 0 Å². The summed E-state index contributed by atoms with van der Waals surface area (Å²) in [6.07, 6.45) is 0.306. The number of azo groups is 1. The Morgan fingerprint density at radius 3 is 2.22 bits per heavy atom. The van der Waals surface area contributed by atoms with Gasteiger partial charge in [-0.15, -0.1) is 0 Å². The lowest BCUT2D eigenvalue weighted by atomic mass is 10.0. The van der Waals surface area contributed by atoms with E-state index >= 15 is 0 Å². The summed E-state index contributed by atoms with van der Waals surface area (Å²) < 4.78 is 5.29. The molecule has 0 bridgehead atoms. The van der Waals surface area contributed by atoms with Gasteiger partial charge in [0.05, 0.1) is 12.3 Å². The van der Waals surface area contributed by atoms with Crippen molar-refractivity contribution in [1.29, 1.82) is 10.5 Å². The maximum Gasteiger partial charge on any atom is 0.252 e. The number of hydrogen-bond donors (Lipinski definition) is 0. The molecule has 5 nitrogen and oxygen atoms in total. The van der Waals surface area contributed by atoms with Gasteiger partial charge in [0.2, 0.25) is 0 Å². The van der Waals surface area contributed by atoms with Gasteiger partial charge in [-0.05, 0) is 37.6 Å². The zero-order chi connectivity index (χ0) is 13.4. The number of nitriles is 2. The molecule has 0 atom stereocenters. The van der Waals surface area contributed by atoms with E-state index in [1.54, 1.807) is 31.2 Å². The van der Waals surface area contributed by atoms with E-state index in [9.17, 15) is 0 Å². The van der Waals surface area contributed by atoms with Gasteiger partial charge in [-0.1, -0.05) is 6.92 Å². The van der Waals surface area contributed by atoms with Crippen LogP contribution in [0.3, 0.4) is 0 Å². The van der Waals surface area contributed by atoms with Gasteiger partial charge in [0.25, 0.3) is 5.54 Å². The molecule has 0 aliphatic heterocycles. The van der Waals surface area contributed by atoms with Gasteiger partial charge in [-0.25, -0.2) is 0 Å². The first kappa shape index (κ1) is 13.7. The van der Waals surface area contributed by atoms with Crippen molar-refractivity contribution in [2.24, 2.45) is 10.2 Å². The van der Waals surface area contributed by atoms with Crippen LogP contribution in [0.4, 0.5) is 5.69 Å². The van der Waals surface area contributed by atoms with Crippen molar-refractivity contribution in [2.45, 2.75) is 25.8 Å². The van der Waals surface area contributed by atoms with Gasteiger partial charge in [0.1, 0.15) is 17.9 Å². The Balaban J connectivity index is 2.85. The maximum absolute atomic E-state index is 8.92. The molecule has 0 aromatic heterocycles. The lowest BCUT2D eigenvalue weighted by Gasteiger charge is -2.07. The lowest BCUT2D eigenvalue weighted by Crippen LogP contribution is -2.19. The monoisotopic (exact) mass is 242 g/mol. The van der Waals surface area contributed by atoms with E-state index in [1.807, 2.05) is 19.1 Å². The van der Waals surface area contributed by atoms with Crippen LogP contribution in [0.2, 0.25) is 0 Å². The van der Waals surface area contributed by atoms with Crippen LogP contribution in [0.25, 0.3) is 0 Å². The third-order valence-corrected chi connectivity index (χ3v) is 2.37. The van der Waals surface area contributed by atoms with Crippen LogP contribution in [-0.4, -0.2) is 12.1 Å². The molecule has 0 aliphatic carbocycles. The molecule has 18 heavy (non-hydrogen) atoms. The zero-order valence-electron chi connectivity index (χ0n) is 10.4. The second kappa shape index (κ2) is 6.36. The quantitative estimate of drug-likeness (QED) is 0.742. The van der Waals surface area contributed by atoms with E-state index in [0.717, 1.165) is 5.75 Å². The number of rotatable bonds is 5. The fraction of sp³-hybridized carbons (Fsp3) is 0.385. The Labute approximate surface area is 106 Å². The molecule has 0 radical (unpaired) electrons. The highest BCUT2D eigenvalue weighted by molar-refractivity contribution is 5.41. The van der Waals surface area contributed by atoms with Crippen molar-refractivity contribution >= 4 is 5.69 Å².